The minimum atomic E-state index is -0.976. The van der Waals surface area contributed by atoms with Crippen LogP contribution in [0.2, 0.25) is 0 Å². The van der Waals surface area contributed by atoms with Crippen LogP contribution in [0.15, 0.2) is 30.3 Å². The average molecular weight is 258 g/mol. The molecule has 4 heteroatoms. The molecule has 0 radical (unpaired) electrons. The number of aliphatic carboxylic acids is 1. The molecule has 1 N–H and O–H groups in total. The third kappa shape index (κ3) is 2.26. The maximum absolute atomic E-state index is 11.4. The van der Waals surface area contributed by atoms with Gasteiger partial charge in [0.05, 0.1) is 5.52 Å². The van der Waals surface area contributed by atoms with Gasteiger partial charge < -0.3 is 10.0 Å². The highest BCUT2D eigenvalue weighted by atomic mass is 16.4. The van der Waals surface area contributed by atoms with Gasteiger partial charge in [-0.2, -0.15) is 0 Å². The van der Waals surface area contributed by atoms with Crippen molar-refractivity contribution in [3.8, 4) is 0 Å². The van der Waals surface area contributed by atoms with Gasteiger partial charge in [-0.3, -0.25) is 4.98 Å². The first-order chi connectivity index (χ1) is 8.84. The van der Waals surface area contributed by atoms with E-state index in [1.807, 2.05) is 37.3 Å². The molecule has 2 rings (SSSR count). The number of hydrogen-bond acceptors (Lipinski definition) is 3. The van der Waals surface area contributed by atoms with E-state index in [4.69, 9.17) is 0 Å². The van der Waals surface area contributed by atoms with Gasteiger partial charge in [0.25, 0.3) is 0 Å². The van der Waals surface area contributed by atoms with Crippen LogP contribution in [0.1, 0.15) is 19.5 Å². The minimum Gasteiger partial charge on any atom is -0.480 e. The maximum Gasteiger partial charge on any atom is 0.328 e. The van der Waals surface area contributed by atoms with Crippen molar-refractivity contribution in [2.45, 2.75) is 26.3 Å². The number of carboxylic acid groups (broad SMARTS) is 1. The summed E-state index contributed by atoms with van der Waals surface area (Å²) < 4.78 is 0. The maximum atomic E-state index is 11.4. The standard InChI is InChI=1S/C15H18N2O2/c1-10-9-13(17(4)15(2,3)14(18)19)11-7-5-6-8-12(11)16-10/h5-9H,1-4H3,(H,18,19). The second-order valence-corrected chi connectivity index (χ2v) is 5.22. The molecule has 0 saturated heterocycles. The number of aromatic nitrogens is 1. The lowest BCUT2D eigenvalue weighted by molar-refractivity contribution is -0.142. The number of benzene rings is 1. The summed E-state index contributed by atoms with van der Waals surface area (Å²) in [6.07, 6.45) is 0. The predicted octanol–water partition coefficient (Wildman–Crippen LogP) is 2.84. The van der Waals surface area contributed by atoms with E-state index in [1.54, 1.807) is 25.8 Å². The zero-order valence-electron chi connectivity index (χ0n) is 11.6. The Bertz CT molecular complexity index is 635. The highest BCUT2D eigenvalue weighted by Gasteiger charge is 2.33. The fourth-order valence-corrected chi connectivity index (χ4v) is 2.01. The molecular weight excluding hydrogens is 240 g/mol. The molecular formula is C15H18N2O2. The van der Waals surface area contributed by atoms with Crippen molar-refractivity contribution < 1.29 is 9.90 Å². The van der Waals surface area contributed by atoms with Crippen LogP contribution in [0.25, 0.3) is 10.9 Å². The van der Waals surface area contributed by atoms with Gasteiger partial charge in [0.2, 0.25) is 0 Å². The first-order valence-electron chi connectivity index (χ1n) is 6.17. The van der Waals surface area contributed by atoms with Crippen molar-refractivity contribution in [2.24, 2.45) is 0 Å². The van der Waals surface area contributed by atoms with E-state index in [1.165, 1.54) is 0 Å². The SMILES string of the molecule is Cc1cc(N(C)C(C)(C)C(=O)O)c2ccccc2n1. The first kappa shape index (κ1) is 13.3. The summed E-state index contributed by atoms with van der Waals surface area (Å²) in [5.74, 6) is -0.853. The monoisotopic (exact) mass is 258 g/mol. The van der Waals surface area contributed by atoms with Crippen LogP contribution in [-0.4, -0.2) is 28.6 Å². The van der Waals surface area contributed by atoms with Crippen LogP contribution in [0.3, 0.4) is 0 Å². The van der Waals surface area contributed by atoms with E-state index in [0.29, 0.717) is 0 Å². The second kappa shape index (κ2) is 4.53. The molecule has 0 aliphatic heterocycles. The Morgan fingerprint density at radius 3 is 2.58 bits per heavy atom. The molecule has 4 nitrogen and oxygen atoms in total. The summed E-state index contributed by atoms with van der Waals surface area (Å²) in [7, 11) is 1.80. The lowest BCUT2D eigenvalue weighted by atomic mass is 10.0. The number of hydrogen-bond donors (Lipinski definition) is 1. The normalized spacial score (nSPS) is 11.6. The number of likely N-dealkylation sites (N-methyl/N-ethyl adjacent to an activating group) is 1. The fourth-order valence-electron chi connectivity index (χ4n) is 2.01. The largest absolute Gasteiger partial charge is 0.480 e. The number of fused-ring (bicyclic) bond motifs is 1. The van der Waals surface area contributed by atoms with E-state index in [9.17, 15) is 9.90 Å². The van der Waals surface area contributed by atoms with E-state index in [2.05, 4.69) is 4.98 Å². The van der Waals surface area contributed by atoms with Crippen molar-refractivity contribution in [3.63, 3.8) is 0 Å². The van der Waals surface area contributed by atoms with Crippen LogP contribution in [-0.2, 0) is 4.79 Å². The molecule has 1 heterocycles. The van der Waals surface area contributed by atoms with E-state index >= 15 is 0 Å². The third-order valence-corrected chi connectivity index (χ3v) is 3.55. The molecule has 0 bridgehead atoms. The van der Waals surface area contributed by atoms with Gasteiger partial charge in [0.15, 0.2) is 0 Å². The quantitative estimate of drug-likeness (QED) is 0.919. The van der Waals surface area contributed by atoms with Crippen LogP contribution >= 0.6 is 0 Å². The summed E-state index contributed by atoms with van der Waals surface area (Å²) in [6, 6.07) is 9.69. The highest BCUT2D eigenvalue weighted by Crippen LogP contribution is 2.30. The summed E-state index contributed by atoms with van der Waals surface area (Å²) in [5.41, 5.74) is 1.67. The van der Waals surface area contributed by atoms with E-state index in [-0.39, 0.29) is 0 Å². The van der Waals surface area contributed by atoms with Crippen molar-refractivity contribution >= 4 is 22.6 Å². The number of rotatable bonds is 3. The molecule has 1 aromatic heterocycles. The zero-order chi connectivity index (χ0) is 14.2. The molecule has 0 aliphatic rings. The number of pyridine rings is 1. The Morgan fingerprint density at radius 2 is 1.95 bits per heavy atom. The number of anilines is 1. The van der Waals surface area contributed by atoms with Gasteiger partial charge in [-0.05, 0) is 32.9 Å². The number of aryl methyl sites for hydroxylation is 1. The summed E-state index contributed by atoms with van der Waals surface area (Å²) in [5, 5.41) is 10.3. The van der Waals surface area contributed by atoms with Crippen molar-refractivity contribution in [3.05, 3.63) is 36.0 Å². The number of carbonyl (C=O) groups is 1. The van der Waals surface area contributed by atoms with Gasteiger partial charge >= 0.3 is 5.97 Å². The Balaban J connectivity index is 2.65. The Hall–Kier alpha value is -2.10. The van der Waals surface area contributed by atoms with Gasteiger partial charge in [-0.15, -0.1) is 0 Å². The topological polar surface area (TPSA) is 53.4 Å². The van der Waals surface area contributed by atoms with Crippen molar-refractivity contribution in [1.29, 1.82) is 0 Å². The van der Waals surface area contributed by atoms with E-state index in [0.717, 1.165) is 22.3 Å². The van der Waals surface area contributed by atoms with E-state index < -0.39 is 11.5 Å². The molecule has 100 valence electrons. The van der Waals surface area contributed by atoms with Crippen molar-refractivity contribution in [1.82, 2.24) is 4.98 Å². The number of carboxylic acids is 1. The highest BCUT2D eigenvalue weighted by molar-refractivity contribution is 5.94. The second-order valence-electron chi connectivity index (χ2n) is 5.22. The molecule has 0 unspecified atom stereocenters. The van der Waals surface area contributed by atoms with Crippen LogP contribution in [0.5, 0.6) is 0 Å². The molecule has 19 heavy (non-hydrogen) atoms. The lowest BCUT2D eigenvalue weighted by Crippen LogP contribution is -2.48. The average Bonchev–Trinajstić information content (AvgIpc) is 2.36. The minimum absolute atomic E-state index is 0.853. The smallest absolute Gasteiger partial charge is 0.328 e. The zero-order valence-corrected chi connectivity index (χ0v) is 11.6. The molecule has 1 aromatic carbocycles. The third-order valence-electron chi connectivity index (χ3n) is 3.55. The Kier molecular flexibility index (Phi) is 3.18. The predicted molar refractivity (Wildman–Crippen MR) is 76.6 cm³/mol. The number of nitrogens with zero attached hydrogens (tertiary/aromatic N) is 2. The van der Waals surface area contributed by atoms with Crippen LogP contribution in [0, 0.1) is 6.92 Å². The van der Waals surface area contributed by atoms with Gasteiger partial charge in [0, 0.05) is 23.8 Å². The van der Waals surface area contributed by atoms with Gasteiger partial charge in [-0.25, -0.2) is 4.79 Å². The molecule has 2 aromatic rings. The summed E-state index contributed by atoms with van der Waals surface area (Å²) in [4.78, 5) is 17.7. The van der Waals surface area contributed by atoms with Gasteiger partial charge in [-0.1, -0.05) is 18.2 Å². The molecule has 0 aliphatic carbocycles. The lowest BCUT2D eigenvalue weighted by Gasteiger charge is -2.34. The molecule has 0 saturated carbocycles. The van der Waals surface area contributed by atoms with Gasteiger partial charge in [0.1, 0.15) is 5.54 Å². The molecule has 0 spiro atoms. The van der Waals surface area contributed by atoms with Crippen molar-refractivity contribution in [2.75, 3.05) is 11.9 Å². The fraction of sp³-hybridized carbons (Fsp3) is 0.333. The Labute approximate surface area is 112 Å². The number of para-hydroxylation sites is 1. The van der Waals surface area contributed by atoms with Crippen LogP contribution < -0.4 is 4.90 Å². The summed E-state index contributed by atoms with van der Waals surface area (Å²) >= 11 is 0. The Morgan fingerprint density at radius 1 is 1.32 bits per heavy atom. The molecule has 0 atom stereocenters. The molecule has 0 amide bonds. The van der Waals surface area contributed by atoms with Crippen LogP contribution in [0.4, 0.5) is 5.69 Å². The summed E-state index contributed by atoms with van der Waals surface area (Å²) in [6.45, 7) is 5.30. The molecule has 0 fully saturated rings. The first-order valence-corrected chi connectivity index (χ1v) is 6.17.